The maximum atomic E-state index is 2.53. The summed E-state index contributed by atoms with van der Waals surface area (Å²) in [4.78, 5) is 2.53. The highest BCUT2D eigenvalue weighted by Crippen LogP contribution is 2.49. The van der Waals surface area contributed by atoms with Crippen molar-refractivity contribution in [3.05, 3.63) is 231 Å². The summed E-state index contributed by atoms with van der Waals surface area (Å²) in [5.41, 5.74) is 11.7. The summed E-state index contributed by atoms with van der Waals surface area (Å²) < 4.78 is 2.40. The predicted molar refractivity (Wildman–Crippen MR) is 256 cm³/mol. The number of nitrogens with zero attached hydrogens (tertiary/aromatic N) is 2. The van der Waals surface area contributed by atoms with E-state index in [-0.39, 0.29) is 0 Å². The minimum atomic E-state index is 1.12. The largest absolute Gasteiger partial charge is 0.309 e. The lowest BCUT2D eigenvalue weighted by Crippen LogP contribution is -2.12. The Morgan fingerprint density at radius 1 is 0.283 bits per heavy atom. The monoisotopic (exact) mass is 762 g/mol. The Hall–Kier alpha value is -7.94. The van der Waals surface area contributed by atoms with E-state index in [1.165, 1.54) is 76.0 Å². The molecule has 0 spiro atoms. The minimum absolute atomic E-state index is 1.12. The molecular formula is C58H38N2. The van der Waals surface area contributed by atoms with Crippen molar-refractivity contribution in [2.75, 3.05) is 4.90 Å². The van der Waals surface area contributed by atoms with Gasteiger partial charge in [-0.1, -0.05) is 182 Å². The predicted octanol–water partition coefficient (Wildman–Crippen LogP) is 16.2. The molecule has 280 valence electrons. The summed E-state index contributed by atoms with van der Waals surface area (Å²) >= 11 is 0. The first-order valence-electron chi connectivity index (χ1n) is 20.7. The van der Waals surface area contributed by atoms with Gasteiger partial charge in [-0.2, -0.15) is 0 Å². The van der Waals surface area contributed by atoms with Gasteiger partial charge in [-0.15, -0.1) is 0 Å². The summed E-state index contributed by atoms with van der Waals surface area (Å²) in [6.45, 7) is 0. The molecule has 1 aromatic heterocycles. The van der Waals surface area contributed by atoms with Crippen molar-refractivity contribution in [2.45, 2.75) is 0 Å². The van der Waals surface area contributed by atoms with E-state index >= 15 is 0 Å². The zero-order valence-electron chi connectivity index (χ0n) is 32.8. The van der Waals surface area contributed by atoms with E-state index in [9.17, 15) is 0 Å². The highest BCUT2D eigenvalue weighted by atomic mass is 15.1. The second-order valence-corrected chi connectivity index (χ2v) is 15.6. The molecule has 0 aliphatic carbocycles. The van der Waals surface area contributed by atoms with Gasteiger partial charge in [0.15, 0.2) is 0 Å². The van der Waals surface area contributed by atoms with Gasteiger partial charge in [0.2, 0.25) is 0 Å². The summed E-state index contributed by atoms with van der Waals surface area (Å²) in [5.74, 6) is 0. The SMILES string of the molecule is c1ccc(-n2c3ccccc3c3c(-c4cccc(-c5ccccc5N(c5cc6ccccc6c6ccccc56)c5cc6ccccc6c6ccccc56)c4)cccc32)cc1. The van der Waals surface area contributed by atoms with Crippen molar-refractivity contribution in [1.29, 1.82) is 0 Å². The normalized spacial score (nSPS) is 11.7. The molecule has 0 radical (unpaired) electrons. The van der Waals surface area contributed by atoms with Crippen LogP contribution in [0.25, 0.3) is 92.8 Å². The maximum Gasteiger partial charge on any atom is 0.0547 e. The topological polar surface area (TPSA) is 8.17 Å². The van der Waals surface area contributed by atoms with E-state index in [0.717, 1.165) is 33.9 Å². The number of rotatable bonds is 6. The Morgan fingerprint density at radius 3 is 1.42 bits per heavy atom. The molecule has 12 aromatic rings. The van der Waals surface area contributed by atoms with Crippen LogP contribution in [0.5, 0.6) is 0 Å². The molecule has 0 amide bonds. The fraction of sp³-hybridized carbons (Fsp3) is 0. The Balaban J connectivity index is 1.12. The zero-order valence-corrected chi connectivity index (χ0v) is 32.8. The molecule has 0 aliphatic rings. The molecule has 12 rings (SSSR count). The quantitative estimate of drug-likeness (QED) is 0.153. The third-order valence-corrected chi connectivity index (χ3v) is 12.3. The Kier molecular flexibility index (Phi) is 7.89. The lowest BCUT2D eigenvalue weighted by molar-refractivity contribution is 1.18. The first-order chi connectivity index (χ1) is 29.8. The molecule has 0 bridgehead atoms. The second-order valence-electron chi connectivity index (χ2n) is 15.6. The van der Waals surface area contributed by atoms with Crippen LogP contribution in [0.15, 0.2) is 231 Å². The van der Waals surface area contributed by atoms with Gasteiger partial charge in [-0.3, -0.25) is 0 Å². The molecule has 0 atom stereocenters. The molecule has 0 fully saturated rings. The lowest BCUT2D eigenvalue weighted by atomic mass is 9.93. The molecule has 0 aliphatic heterocycles. The van der Waals surface area contributed by atoms with Crippen molar-refractivity contribution < 1.29 is 0 Å². The van der Waals surface area contributed by atoms with Gasteiger partial charge in [-0.25, -0.2) is 0 Å². The molecule has 1 heterocycles. The highest BCUT2D eigenvalue weighted by molar-refractivity contribution is 6.20. The number of benzene rings is 11. The van der Waals surface area contributed by atoms with Crippen LogP contribution in [0.1, 0.15) is 0 Å². The first-order valence-corrected chi connectivity index (χ1v) is 20.7. The van der Waals surface area contributed by atoms with E-state index < -0.39 is 0 Å². The van der Waals surface area contributed by atoms with Crippen LogP contribution in [-0.2, 0) is 0 Å². The fourth-order valence-corrected chi connectivity index (χ4v) is 9.71. The first kappa shape index (κ1) is 34.1. The Morgan fingerprint density at radius 2 is 0.750 bits per heavy atom. The van der Waals surface area contributed by atoms with Crippen LogP contribution in [0.4, 0.5) is 17.1 Å². The molecule has 0 saturated carbocycles. The number of hydrogen-bond donors (Lipinski definition) is 0. The van der Waals surface area contributed by atoms with Gasteiger partial charge in [0.05, 0.1) is 28.1 Å². The third-order valence-electron chi connectivity index (χ3n) is 12.3. The summed E-state index contributed by atoms with van der Waals surface area (Å²) in [5, 5.41) is 12.3. The van der Waals surface area contributed by atoms with Gasteiger partial charge >= 0.3 is 0 Å². The molecule has 11 aromatic carbocycles. The van der Waals surface area contributed by atoms with E-state index in [4.69, 9.17) is 0 Å². The molecule has 0 unspecified atom stereocenters. The Bertz CT molecular complexity index is 3500. The number of fused-ring (bicyclic) bond motifs is 9. The molecule has 2 nitrogen and oxygen atoms in total. The van der Waals surface area contributed by atoms with Crippen molar-refractivity contribution >= 4 is 82.0 Å². The smallest absolute Gasteiger partial charge is 0.0547 e. The molecule has 2 heteroatoms. The van der Waals surface area contributed by atoms with Gasteiger partial charge in [0.25, 0.3) is 0 Å². The lowest BCUT2D eigenvalue weighted by Gasteiger charge is -2.31. The Labute approximate surface area is 348 Å². The zero-order chi connectivity index (χ0) is 39.6. The van der Waals surface area contributed by atoms with Crippen LogP contribution in [-0.4, -0.2) is 4.57 Å². The van der Waals surface area contributed by atoms with E-state index in [2.05, 4.69) is 240 Å². The average molecular weight is 763 g/mol. The third kappa shape index (κ3) is 5.35. The molecular weight excluding hydrogens is 725 g/mol. The van der Waals surface area contributed by atoms with E-state index in [1.54, 1.807) is 0 Å². The van der Waals surface area contributed by atoms with Crippen LogP contribution in [0, 0.1) is 0 Å². The number of hydrogen-bond acceptors (Lipinski definition) is 1. The maximum absolute atomic E-state index is 2.53. The molecule has 0 N–H and O–H groups in total. The van der Waals surface area contributed by atoms with Crippen LogP contribution >= 0.6 is 0 Å². The van der Waals surface area contributed by atoms with Crippen LogP contribution < -0.4 is 4.90 Å². The summed E-state index contributed by atoms with van der Waals surface area (Å²) in [6.07, 6.45) is 0. The minimum Gasteiger partial charge on any atom is -0.309 e. The van der Waals surface area contributed by atoms with Crippen LogP contribution in [0.2, 0.25) is 0 Å². The highest BCUT2D eigenvalue weighted by Gasteiger charge is 2.24. The van der Waals surface area contributed by atoms with Crippen molar-refractivity contribution in [3.8, 4) is 27.9 Å². The van der Waals surface area contributed by atoms with Crippen LogP contribution in [0.3, 0.4) is 0 Å². The van der Waals surface area contributed by atoms with Gasteiger partial charge in [0.1, 0.15) is 0 Å². The van der Waals surface area contributed by atoms with Crippen molar-refractivity contribution in [1.82, 2.24) is 4.57 Å². The number of para-hydroxylation sites is 3. The van der Waals surface area contributed by atoms with Crippen molar-refractivity contribution in [3.63, 3.8) is 0 Å². The summed E-state index contributed by atoms with van der Waals surface area (Å²) in [7, 11) is 0. The fourth-order valence-electron chi connectivity index (χ4n) is 9.71. The van der Waals surface area contributed by atoms with Gasteiger partial charge < -0.3 is 9.47 Å². The second kappa shape index (κ2) is 13.9. The number of aromatic nitrogens is 1. The van der Waals surface area contributed by atoms with Gasteiger partial charge in [-0.05, 0) is 97.5 Å². The average Bonchev–Trinajstić information content (AvgIpc) is 3.67. The standard InChI is InChI=1S/C58H38N2/c1-2-22-43(23-3-1)59-54-34-15-13-31-52(54)58-47(32-17-35-55(58)59)40-21-16-20-39(36-40)46-26-12-14-33-53(46)60(56-37-41-18-4-6-24-44(41)48-27-8-10-29-50(48)56)57-38-42-19-5-7-25-45(42)49-28-9-11-30-51(49)57/h1-38H. The van der Waals surface area contributed by atoms with Gasteiger partial charge in [0, 0.05) is 32.8 Å². The molecule has 0 saturated heterocycles. The van der Waals surface area contributed by atoms with Crippen molar-refractivity contribution in [2.24, 2.45) is 0 Å². The number of anilines is 3. The van der Waals surface area contributed by atoms with E-state index in [1.807, 2.05) is 0 Å². The summed E-state index contributed by atoms with van der Waals surface area (Å²) in [6, 6.07) is 84.4. The van der Waals surface area contributed by atoms with E-state index in [0.29, 0.717) is 0 Å². The molecule has 60 heavy (non-hydrogen) atoms.